The second-order valence-corrected chi connectivity index (χ2v) is 13.5. The Labute approximate surface area is 282 Å². The Kier molecular flexibility index (Phi) is 10.2. The predicted molar refractivity (Wildman–Crippen MR) is 183 cm³/mol. The molecule has 0 aromatic heterocycles. The molecule has 48 heavy (non-hydrogen) atoms. The zero-order valence-corrected chi connectivity index (χ0v) is 28.2. The zero-order chi connectivity index (χ0) is 33.9. The lowest BCUT2D eigenvalue weighted by molar-refractivity contribution is -0.150. The number of dihydropyridines is 1. The number of carbonyl (C=O) groups excluding carboxylic acids is 3. The highest BCUT2D eigenvalue weighted by atomic mass is 16.7. The van der Waals surface area contributed by atoms with E-state index in [2.05, 4.69) is 51.6 Å². The number of aliphatic hydroxyl groups excluding tert-OH is 1. The van der Waals surface area contributed by atoms with Crippen molar-refractivity contribution in [3.05, 3.63) is 93.9 Å². The molecule has 5 N–H and O–H groups in total. The van der Waals surface area contributed by atoms with E-state index in [1.807, 2.05) is 20.9 Å². The Hall–Kier alpha value is -3.83. The van der Waals surface area contributed by atoms with E-state index in [1.165, 1.54) is 5.57 Å². The van der Waals surface area contributed by atoms with E-state index >= 15 is 0 Å². The number of hydrogen-bond acceptors (Lipinski definition) is 10. The van der Waals surface area contributed by atoms with E-state index in [4.69, 9.17) is 9.47 Å². The third-order valence-electron chi connectivity index (χ3n) is 10.5. The molecular weight excluding hydrogens is 608 g/mol. The number of epoxide rings is 1. The minimum Gasteiger partial charge on any atom is -0.463 e. The molecule has 2 aliphatic heterocycles. The molecule has 1 saturated heterocycles. The highest BCUT2D eigenvalue weighted by molar-refractivity contribution is 6.32. The van der Waals surface area contributed by atoms with Crippen molar-refractivity contribution in [1.29, 1.82) is 0 Å². The van der Waals surface area contributed by atoms with Gasteiger partial charge in [0.1, 0.15) is 5.82 Å². The maximum absolute atomic E-state index is 14.2. The number of nitrogens with one attached hydrogen (secondary N) is 4. The number of likely N-dealkylation sites (N-methyl/N-ethyl adjacent to an activating group) is 1. The Morgan fingerprint density at radius 1 is 1.19 bits per heavy atom. The van der Waals surface area contributed by atoms with Crippen molar-refractivity contribution in [2.45, 2.75) is 69.6 Å². The zero-order valence-electron chi connectivity index (χ0n) is 28.2. The van der Waals surface area contributed by atoms with Crippen LogP contribution in [0, 0.1) is 11.8 Å². The summed E-state index contributed by atoms with van der Waals surface area (Å²) in [5.74, 6) is -0.465. The van der Waals surface area contributed by atoms with E-state index < -0.39 is 28.7 Å². The van der Waals surface area contributed by atoms with Gasteiger partial charge in [0, 0.05) is 36.1 Å². The van der Waals surface area contributed by atoms with Gasteiger partial charge in [0.15, 0.2) is 11.4 Å². The molecule has 6 rings (SSSR count). The number of fused-ring (bicyclic) bond motifs is 3. The minimum atomic E-state index is -2.08. The van der Waals surface area contributed by atoms with Gasteiger partial charge in [-0.1, -0.05) is 61.1 Å². The highest BCUT2D eigenvalue weighted by Gasteiger charge is 2.85. The van der Waals surface area contributed by atoms with Crippen LogP contribution in [0.3, 0.4) is 0 Å². The molecule has 5 unspecified atom stereocenters. The number of esters is 1. The largest absolute Gasteiger partial charge is 0.463 e. The number of hydrogen-bond donors (Lipinski definition) is 5. The first-order valence-electron chi connectivity index (χ1n) is 17.3. The molecule has 1 fully saturated rings. The van der Waals surface area contributed by atoms with E-state index in [1.54, 1.807) is 24.3 Å². The van der Waals surface area contributed by atoms with Crippen molar-refractivity contribution in [1.82, 2.24) is 21.3 Å². The normalized spacial score (nSPS) is 29.2. The average molecular weight is 657 g/mol. The van der Waals surface area contributed by atoms with Crippen molar-refractivity contribution in [3.63, 3.8) is 0 Å². The molecule has 256 valence electrons. The lowest BCUT2D eigenvalue weighted by Crippen LogP contribution is -2.51. The van der Waals surface area contributed by atoms with Crippen molar-refractivity contribution < 1.29 is 29.0 Å². The summed E-state index contributed by atoms with van der Waals surface area (Å²) < 4.78 is 12.1. The molecule has 10 nitrogen and oxygen atoms in total. The molecule has 5 atom stereocenters. The lowest BCUT2D eigenvalue weighted by Gasteiger charge is -2.36. The van der Waals surface area contributed by atoms with Crippen LogP contribution in [-0.4, -0.2) is 79.9 Å². The molecule has 2 heterocycles. The number of aliphatic hydroxyl groups is 1. The summed E-state index contributed by atoms with van der Waals surface area (Å²) in [7, 11) is 1.87. The summed E-state index contributed by atoms with van der Waals surface area (Å²) in [5, 5.41) is 23.7. The summed E-state index contributed by atoms with van der Waals surface area (Å²) in [4.78, 5) is 42.5. The molecule has 0 radical (unpaired) electrons. The second-order valence-electron chi connectivity index (χ2n) is 13.5. The Balaban J connectivity index is 1.23. The number of benzene rings is 1. The van der Waals surface area contributed by atoms with Crippen LogP contribution >= 0.6 is 0 Å². The van der Waals surface area contributed by atoms with Crippen molar-refractivity contribution in [2.24, 2.45) is 11.8 Å². The third kappa shape index (κ3) is 6.22. The van der Waals surface area contributed by atoms with Crippen molar-refractivity contribution in [2.75, 3.05) is 40.0 Å². The molecule has 0 spiro atoms. The van der Waals surface area contributed by atoms with Gasteiger partial charge in [-0.15, -0.1) is 0 Å². The van der Waals surface area contributed by atoms with Gasteiger partial charge in [0.05, 0.1) is 19.9 Å². The fourth-order valence-corrected chi connectivity index (χ4v) is 7.75. The van der Waals surface area contributed by atoms with Gasteiger partial charge in [-0.2, -0.15) is 0 Å². The molecule has 0 bridgehead atoms. The van der Waals surface area contributed by atoms with Crippen LogP contribution in [0.1, 0.15) is 73.1 Å². The van der Waals surface area contributed by atoms with E-state index in [0.717, 1.165) is 49.2 Å². The maximum Gasteiger partial charge on any atom is 0.350 e. The average Bonchev–Trinajstić information content (AvgIpc) is 3.82. The molecule has 0 amide bonds. The highest BCUT2D eigenvalue weighted by Crippen LogP contribution is 2.59. The van der Waals surface area contributed by atoms with Crippen molar-refractivity contribution in [3.8, 4) is 0 Å². The van der Waals surface area contributed by atoms with Crippen LogP contribution in [0.25, 0.3) is 0 Å². The smallest absolute Gasteiger partial charge is 0.350 e. The Bertz CT molecular complexity index is 1610. The van der Waals surface area contributed by atoms with E-state index in [-0.39, 0.29) is 42.7 Å². The summed E-state index contributed by atoms with van der Waals surface area (Å²) in [6, 6.07) is 6.57. The van der Waals surface area contributed by atoms with Crippen molar-refractivity contribution >= 4 is 17.5 Å². The van der Waals surface area contributed by atoms with Gasteiger partial charge >= 0.3 is 5.97 Å². The molecular formula is C38H48N4O6. The fourth-order valence-electron chi connectivity index (χ4n) is 7.75. The Morgan fingerprint density at radius 2 is 1.98 bits per heavy atom. The van der Waals surface area contributed by atoms with Gasteiger partial charge in [0.25, 0.3) is 5.60 Å². The molecule has 3 aliphatic carbocycles. The maximum atomic E-state index is 14.2. The Morgan fingerprint density at radius 3 is 2.73 bits per heavy atom. The number of allylic oxidation sites excluding steroid dienone is 6. The second kappa shape index (κ2) is 14.3. The first-order valence-corrected chi connectivity index (χ1v) is 17.3. The first-order chi connectivity index (χ1) is 23.3. The minimum absolute atomic E-state index is 0.0165. The topological polar surface area (TPSA) is 141 Å². The number of Topliss-reactive ketones (excluding diaryl/α,β-unsaturated/α-hetero) is 2. The third-order valence-corrected chi connectivity index (χ3v) is 10.5. The van der Waals surface area contributed by atoms with Crippen LogP contribution in [0.15, 0.2) is 82.8 Å². The van der Waals surface area contributed by atoms with E-state index in [9.17, 15) is 19.5 Å². The fraction of sp³-hybridized carbons (Fsp3) is 0.500. The molecule has 1 aromatic carbocycles. The number of ketones is 2. The predicted octanol–water partition coefficient (Wildman–Crippen LogP) is 3.62. The number of carbonyl (C=O) groups is 3. The summed E-state index contributed by atoms with van der Waals surface area (Å²) in [6.07, 6.45) is 15.0. The molecule has 5 aliphatic rings. The van der Waals surface area contributed by atoms with Crippen LogP contribution in [0.4, 0.5) is 0 Å². The monoisotopic (exact) mass is 656 g/mol. The quantitative estimate of drug-likeness (QED) is 0.0663. The van der Waals surface area contributed by atoms with Crippen LogP contribution in [-0.2, 0) is 14.3 Å². The van der Waals surface area contributed by atoms with E-state index in [0.29, 0.717) is 31.1 Å². The van der Waals surface area contributed by atoms with Gasteiger partial charge < -0.3 is 35.8 Å². The summed E-state index contributed by atoms with van der Waals surface area (Å²) in [6.45, 7) is 5.86. The lowest BCUT2D eigenvalue weighted by atomic mass is 9.71. The summed E-state index contributed by atoms with van der Waals surface area (Å²) >= 11 is 0. The van der Waals surface area contributed by atoms with Gasteiger partial charge in [-0.25, -0.2) is 4.79 Å². The summed E-state index contributed by atoms with van der Waals surface area (Å²) in [5.41, 5.74) is 0.487. The standard InChI is InChI=1S/C38H48N4O6/c1-4-40-32-19-27-10-6-5-9-26(27)18-28(32)22-47-36(46)38-35(45)31-12-8-7-11-30(31)34(44)37(38,48-38)20-29(21-43)24(2)13-14-25-15-16-41-33(17-25)42-23-39-3/h6-8,10-12,15,17,19,26,28,32,39-43H,4-5,9,13-14,16,18,20-23H2,1-3H3. The van der Waals surface area contributed by atoms with Gasteiger partial charge in [-0.05, 0) is 81.3 Å². The SMILES string of the molecule is CCNC1C=C2C=CCCC2CC1COC(=O)C12OC1(CC(CO)=C(C)CCC1=CCNC(NCNC)=C1)C(=O)c1ccccc1C2=O. The molecule has 10 heteroatoms. The van der Waals surface area contributed by atoms with Crippen LogP contribution < -0.4 is 21.3 Å². The number of ether oxygens (including phenoxy) is 2. The van der Waals surface area contributed by atoms with Crippen LogP contribution in [0.5, 0.6) is 0 Å². The van der Waals surface area contributed by atoms with Gasteiger partial charge in [0.2, 0.25) is 5.78 Å². The number of rotatable bonds is 14. The van der Waals surface area contributed by atoms with Gasteiger partial charge in [-0.3, -0.25) is 9.59 Å². The molecule has 0 saturated carbocycles. The first kappa shape index (κ1) is 34.0. The van der Waals surface area contributed by atoms with Crippen LogP contribution in [0.2, 0.25) is 0 Å². The molecule has 1 aromatic rings.